The van der Waals surface area contributed by atoms with Crippen LogP contribution in [0.1, 0.15) is 50.3 Å². The van der Waals surface area contributed by atoms with Gasteiger partial charge in [0, 0.05) is 18.2 Å². The first-order valence-electron chi connectivity index (χ1n) is 11.8. The van der Waals surface area contributed by atoms with Gasteiger partial charge in [-0.1, -0.05) is 31.4 Å². The summed E-state index contributed by atoms with van der Waals surface area (Å²) < 4.78 is 11.6. The molecule has 0 spiro atoms. The molecule has 0 amide bonds. The van der Waals surface area contributed by atoms with Gasteiger partial charge >= 0.3 is 5.69 Å². The van der Waals surface area contributed by atoms with E-state index in [4.69, 9.17) is 9.37 Å². The lowest BCUT2D eigenvalue weighted by Crippen LogP contribution is -2.54. The van der Waals surface area contributed by atoms with Gasteiger partial charge in [-0.25, -0.2) is 9.31 Å². The summed E-state index contributed by atoms with van der Waals surface area (Å²) in [6, 6.07) is 3.16. The number of nitro groups is 1. The van der Waals surface area contributed by atoms with Crippen molar-refractivity contribution in [1.82, 2.24) is 25.3 Å². The molecule has 3 aromatic rings. The fourth-order valence-corrected chi connectivity index (χ4v) is 4.42. The standard InChI is InChI=1S/C22H30N6O7/c1-13-20(29)17(34-22(31)21(13)30)12-27-11-15(23-26-27)8-6-4-2-3-5-7-14-9-10-16(28(32)33)19-18(14)24-35-25-19/h9-11,13,17,20-22,29-31H,2-8,12H2,1H3/t13-,17+,20-,21+,22?/m0/s1. The number of unbranched alkanes of at least 4 members (excludes halogenated alkanes) is 4. The van der Waals surface area contributed by atoms with Gasteiger partial charge in [0.25, 0.3) is 0 Å². The molecule has 2 aromatic heterocycles. The summed E-state index contributed by atoms with van der Waals surface area (Å²) in [5.74, 6) is -0.509. The first-order chi connectivity index (χ1) is 16.8. The molecule has 0 aliphatic carbocycles. The summed E-state index contributed by atoms with van der Waals surface area (Å²) in [4.78, 5) is 10.6. The van der Waals surface area contributed by atoms with Crippen LogP contribution in [0.25, 0.3) is 11.0 Å². The van der Waals surface area contributed by atoms with E-state index < -0.39 is 35.4 Å². The van der Waals surface area contributed by atoms with Crippen molar-refractivity contribution in [2.45, 2.75) is 83.0 Å². The molecule has 13 heteroatoms. The number of fused-ring (bicyclic) bond motifs is 1. The Morgan fingerprint density at radius 1 is 1.03 bits per heavy atom. The summed E-state index contributed by atoms with van der Waals surface area (Å²) in [7, 11) is 0. The highest BCUT2D eigenvalue weighted by Gasteiger charge is 2.41. The Labute approximate surface area is 200 Å². The van der Waals surface area contributed by atoms with Crippen LogP contribution in [-0.2, 0) is 24.1 Å². The molecule has 4 rings (SSSR count). The van der Waals surface area contributed by atoms with Gasteiger partial charge in [-0.3, -0.25) is 10.1 Å². The Morgan fingerprint density at radius 2 is 1.74 bits per heavy atom. The highest BCUT2D eigenvalue weighted by Crippen LogP contribution is 2.27. The topological polar surface area (TPSA) is 183 Å². The quantitative estimate of drug-likeness (QED) is 0.201. The Bertz CT molecular complexity index is 1130. The van der Waals surface area contributed by atoms with Crippen LogP contribution in [0.5, 0.6) is 0 Å². The van der Waals surface area contributed by atoms with E-state index in [2.05, 4.69) is 20.6 Å². The van der Waals surface area contributed by atoms with E-state index in [1.165, 1.54) is 6.07 Å². The van der Waals surface area contributed by atoms with Gasteiger partial charge in [0.1, 0.15) is 17.7 Å². The first kappa shape index (κ1) is 25.1. The number of hydrogen-bond donors (Lipinski definition) is 3. The minimum Gasteiger partial charge on any atom is -0.390 e. The van der Waals surface area contributed by atoms with Crippen molar-refractivity contribution in [3.05, 3.63) is 39.7 Å². The first-order valence-corrected chi connectivity index (χ1v) is 11.8. The molecular weight excluding hydrogens is 460 g/mol. The van der Waals surface area contributed by atoms with Crippen molar-refractivity contribution in [3.8, 4) is 0 Å². The Kier molecular flexibility index (Phi) is 8.00. The molecule has 1 aliphatic rings. The third kappa shape index (κ3) is 5.81. The number of non-ortho nitro benzene ring substituents is 1. The molecule has 3 N–H and O–H groups in total. The number of aliphatic hydroxyl groups is 3. The molecular formula is C22H30N6O7. The molecule has 5 atom stereocenters. The van der Waals surface area contributed by atoms with E-state index in [-0.39, 0.29) is 17.7 Å². The molecule has 35 heavy (non-hydrogen) atoms. The number of nitrogens with zero attached hydrogens (tertiary/aromatic N) is 6. The summed E-state index contributed by atoms with van der Waals surface area (Å²) in [5.41, 5.74) is 2.28. The van der Waals surface area contributed by atoms with Crippen LogP contribution in [-0.4, -0.2) is 70.2 Å². The van der Waals surface area contributed by atoms with Gasteiger partial charge in [-0.2, -0.15) is 0 Å². The zero-order valence-electron chi connectivity index (χ0n) is 19.4. The van der Waals surface area contributed by atoms with Gasteiger partial charge in [-0.15, -0.1) is 5.10 Å². The minimum absolute atomic E-state index is 0.102. The maximum Gasteiger partial charge on any atom is 0.300 e. The third-order valence-corrected chi connectivity index (χ3v) is 6.57. The number of aryl methyl sites for hydroxylation is 2. The molecule has 3 heterocycles. The fraction of sp³-hybridized carbons (Fsp3) is 0.636. The van der Waals surface area contributed by atoms with Crippen LogP contribution < -0.4 is 0 Å². The normalized spacial score (nSPS) is 24.7. The van der Waals surface area contributed by atoms with Crippen molar-refractivity contribution < 1.29 is 29.6 Å². The number of hydrogen-bond acceptors (Lipinski definition) is 11. The van der Waals surface area contributed by atoms with Crippen molar-refractivity contribution in [2.75, 3.05) is 0 Å². The average Bonchev–Trinajstić information content (AvgIpc) is 3.50. The molecule has 1 aliphatic heterocycles. The molecule has 1 fully saturated rings. The van der Waals surface area contributed by atoms with Crippen LogP contribution in [0.15, 0.2) is 23.0 Å². The summed E-state index contributed by atoms with van der Waals surface area (Å²) in [5, 5.41) is 56.7. The molecule has 0 saturated carbocycles. The zero-order valence-corrected chi connectivity index (χ0v) is 19.4. The van der Waals surface area contributed by atoms with Crippen LogP contribution in [0.2, 0.25) is 0 Å². The van der Waals surface area contributed by atoms with Gasteiger partial charge in [0.2, 0.25) is 5.52 Å². The molecule has 190 valence electrons. The second-order valence-corrected chi connectivity index (χ2v) is 9.07. The number of nitro benzene ring substituents is 1. The maximum absolute atomic E-state index is 11.1. The molecule has 1 aromatic carbocycles. The van der Waals surface area contributed by atoms with Crippen LogP contribution in [0.3, 0.4) is 0 Å². The summed E-state index contributed by atoms with van der Waals surface area (Å²) in [6.45, 7) is 1.90. The van der Waals surface area contributed by atoms with E-state index in [9.17, 15) is 25.4 Å². The molecule has 0 bridgehead atoms. The van der Waals surface area contributed by atoms with Crippen molar-refractivity contribution >= 4 is 16.7 Å². The largest absolute Gasteiger partial charge is 0.390 e. The van der Waals surface area contributed by atoms with E-state index >= 15 is 0 Å². The predicted molar refractivity (Wildman–Crippen MR) is 121 cm³/mol. The second-order valence-electron chi connectivity index (χ2n) is 9.07. The van der Waals surface area contributed by atoms with E-state index in [1.807, 2.05) is 6.20 Å². The lowest BCUT2D eigenvalue weighted by molar-refractivity contribution is -0.383. The van der Waals surface area contributed by atoms with Crippen molar-refractivity contribution in [3.63, 3.8) is 0 Å². The monoisotopic (exact) mass is 490 g/mol. The average molecular weight is 491 g/mol. The van der Waals surface area contributed by atoms with E-state index in [0.717, 1.165) is 56.2 Å². The van der Waals surface area contributed by atoms with Crippen LogP contribution >= 0.6 is 0 Å². The number of aliphatic hydroxyl groups excluding tert-OH is 3. The van der Waals surface area contributed by atoms with Gasteiger partial charge in [0.05, 0.1) is 23.3 Å². The highest BCUT2D eigenvalue weighted by atomic mass is 16.6. The van der Waals surface area contributed by atoms with Crippen molar-refractivity contribution in [2.24, 2.45) is 5.92 Å². The lowest BCUT2D eigenvalue weighted by Gasteiger charge is -2.39. The third-order valence-electron chi connectivity index (χ3n) is 6.57. The molecule has 1 unspecified atom stereocenters. The van der Waals surface area contributed by atoms with Crippen LogP contribution in [0.4, 0.5) is 5.69 Å². The number of ether oxygens (including phenoxy) is 1. The number of benzene rings is 1. The number of rotatable bonds is 11. The smallest absolute Gasteiger partial charge is 0.300 e. The Hall–Kier alpha value is -3.00. The predicted octanol–water partition coefficient (Wildman–Crippen LogP) is 1.53. The summed E-state index contributed by atoms with van der Waals surface area (Å²) >= 11 is 0. The minimum atomic E-state index is -1.33. The van der Waals surface area contributed by atoms with E-state index in [1.54, 1.807) is 17.7 Å². The highest BCUT2D eigenvalue weighted by molar-refractivity contribution is 5.85. The SMILES string of the molecule is C[C@H]1[C@H](O)[C@@H](Cn2cc(CCCCCCCc3ccc([N+](=O)[O-])c4nonc34)nn2)OC(O)[C@@H]1O. The second kappa shape index (κ2) is 11.2. The van der Waals surface area contributed by atoms with Crippen LogP contribution in [0, 0.1) is 16.0 Å². The molecule has 13 nitrogen and oxygen atoms in total. The van der Waals surface area contributed by atoms with Gasteiger partial charge in [0.15, 0.2) is 6.29 Å². The Morgan fingerprint density at radius 3 is 2.51 bits per heavy atom. The summed E-state index contributed by atoms with van der Waals surface area (Å²) in [6.07, 6.45) is 4.26. The maximum atomic E-state index is 11.1. The lowest BCUT2D eigenvalue weighted by atomic mass is 9.91. The van der Waals surface area contributed by atoms with E-state index in [0.29, 0.717) is 5.52 Å². The molecule has 1 saturated heterocycles. The molecule has 0 radical (unpaired) electrons. The number of aromatic nitrogens is 5. The van der Waals surface area contributed by atoms with Gasteiger partial charge < -0.3 is 20.1 Å². The van der Waals surface area contributed by atoms with Gasteiger partial charge in [-0.05, 0) is 47.6 Å². The zero-order chi connectivity index (χ0) is 24.9. The fourth-order valence-electron chi connectivity index (χ4n) is 4.42. The van der Waals surface area contributed by atoms with Crippen molar-refractivity contribution in [1.29, 1.82) is 0 Å². The Balaban J connectivity index is 1.15.